The van der Waals surface area contributed by atoms with E-state index in [4.69, 9.17) is 23.7 Å². The molecule has 0 unspecified atom stereocenters. The van der Waals surface area contributed by atoms with Crippen LogP contribution in [-0.2, 0) is 6.61 Å². The number of aromatic hydroxyl groups is 1. The van der Waals surface area contributed by atoms with Crippen molar-refractivity contribution in [1.29, 1.82) is 0 Å². The number of rotatable bonds is 18. The maximum Gasteiger partial charge on any atom is 0.255 e. The fourth-order valence-electron chi connectivity index (χ4n) is 9.25. The third kappa shape index (κ3) is 16.4. The van der Waals surface area contributed by atoms with Crippen molar-refractivity contribution < 1.29 is 52.8 Å². The second-order valence-electron chi connectivity index (χ2n) is 19.0. The molecule has 0 radical (unpaired) electrons. The number of benzene rings is 3. The Hall–Kier alpha value is -8.30. The molecular weight excluding hydrogens is 1070 g/mol. The minimum absolute atomic E-state index is 0. The van der Waals surface area contributed by atoms with Crippen LogP contribution < -0.4 is 23.7 Å². The molecule has 2 aliphatic heterocycles. The number of carbonyl (C=O) groups is 5. The highest BCUT2D eigenvalue weighted by atomic mass is 32.1. The fourth-order valence-corrected chi connectivity index (χ4v) is 9.25. The first kappa shape index (κ1) is 63.5. The van der Waals surface area contributed by atoms with E-state index in [1.807, 2.05) is 72.5 Å². The highest BCUT2D eigenvalue weighted by molar-refractivity contribution is 7.59. The summed E-state index contributed by atoms with van der Waals surface area (Å²) in [5.74, 6) is 2.09. The summed E-state index contributed by atoms with van der Waals surface area (Å²) in [6.45, 7) is 10.0. The number of aldehydes is 3. The van der Waals surface area contributed by atoms with Gasteiger partial charge in [0.1, 0.15) is 54.2 Å². The molecule has 1 N–H and O–H groups in total. The number of aryl methyl sites for hydroxylation is 2. The summed E-state index contributed by atoms with van der Waals surface area (Å²) in [6.07, 6.45) is 16.0. The normalized spacial score (nSPS) is 14.5. The van der Waals surface area contributed by atoms with E-state index in [0.717, 1.165) is 67.9 Å². The van der Waals surface area contributed by atoms with Crippen molar-refractivity contribution in [2.24, 2.45) is 0 Å². The second kappa shape index (κ2) is 31.5. The van der Waals surface area contributed by atoms with E-state index >= 15 is 0 Å². The van der Waals surface area contributed by atoms with Gasteiger partial charge in [0.25, 0.3) is 11.8 Å². The Bertz CT molecular complexity index is 3200. The summed E-state index contributed by atoms with van der Waals surface area (Å²) in [6, 6.07) is 24.5. The molecule has 19 nitrogen and oxygen atoms in total. The van der Waals surface area contributed by atoms with E-state index in [0.29, 0.717) is 95.2 Å². The van der Waals surface area contributed by atoms with Crippen molar-refractivity contribution in [3.8, 4) is 46.1 Å². The molecule has 2 fully saturated rings. The first-order chi connectivity index (χ1) is 38.4. The van der Waals surface area contributed by atoms with Crippen molar-refractivity contribution in [1.82, 2.24) is 39.5 Å². The summed E-state index contributed by atoms with van der Waals surface area (Å²) in [5.41, 5.74) is 6.20. The van der Waals surface area contributed by atoms with Gasteiger partial charge in [0, 0.05) is 67.8 Å². The lowest BCUT2D eigenvalue weighted by Crippen LogP contribution is -2.46. The van der Waals surface area contributed by atoms with Crippen LogP contribution >= 0.6 is 27.0 Å². The zero-order chi connectivity index (χ0) is 56.3. The SMILES string of the molecule is CC(C)n1nccc1-c1nccnc1COc1cccc(O)c1C=O.COc1cc(C(=O)N2CCCC[C@H]2COc2cccc(C)c2C=O)ccn1.COc1ccc(C(=O)N2CCCC[C@H]2COc2cccc(C)c2C=O)cn1.S.S. The lowest BCUT2D eigenvalue weighted by Gasteiger charge is -2.35. The maximum absolute atomic E-state index is 13.0. The van der Waals surface area contributed by atoms with Crippen molar-refractivity contribution in [3.05, 3.63) is 161 Å². The van der Waals surface area contributed by atoms with E-state index in [1.165, 1.54) is 13.2 Å². The quantitative estimate of drug-likeness (QED) is 0.0789. The lowest BCUT2D eigenvalue weighted by molar-refractivity contribution is 0.0521. The van der Waals surface area contributed by atoms with E-state index in [9.17, 15) is 29.1 Å². The average Bonchev–Trinajstić information content (AvgIpc) is 3.99. The first-order valence-electron chi connectivity index (χ1n) is 26.1. The van der Waals surface area contributed by atoms with Gasteiger partial charge >= 0.3 is 0 Å². The minimum Gasteiger partial charge on any atom is -0.507 e. The smallest absolute Gasteiger partial charge is 0.255 e. The third-order valence-electron chi connectivity index (χ3n) is 13.5. The number of nitrogens with zero attached hydrogens (tertiary/aromatic N) is 8. The Kier molecular flexibility index (Phi) is 24.7. The number of likely N-dealkylation sites (tertiary alicyclic amines) is 2. The highest BCUT2D eigenvalue weighted by Crippen LogP contribution is 2.30. The molecule has 3 aromatic carbocycles. The Balaban J connectivity index is 0.000000220. The van der Waals surface area contributed by atoms with Crippen molar-refractivity contribution in [3.63, 3.8) is 0 Å². The number of amides is 2. The van der Waals surface area contributed by atoms with E-state index in [2.05, 4.69) is 25.0 Å². The molecule has 6 heterocycles. The van der Waals surface area contributed by atoms with Gasteiger partial charge in [-0.25, -0.2) is 9.97 Å². The van der Waals surface area contributed by atoms with Crippen molar-refractivity contribution in [2.45, 2.75) is 91.0 Å². The fraction of sp³-hybridized carbons (Fsp3) is 0.333. The van der Waals surface area contributed by atoms with Gasteiger partial charge in [-0.1, -0.05) is 30.3 Å². The zero-order valence-corrected chi connectivity index (χ0v) is 48.3. The number of carbonyl (C=O) groups excluding carboxylic acids is 5. The molecule has 0 saturated carbocycles. The van der Waals surface area contributed by atoms with Gasteiger partial charge in [0.2, 0.25) is 11.8 Å². The Morgan fingerprint density at radius 3 is 1.72 bits per heavy atom. The summed E-state index contributed by atoms with van der Waals surface area (Å²) in [4.78, 5) is 80.4. The first-order valence-corrected chi connectivity index (χ1v) is 26.1. The molecule has 2 amide bonds. The van der Waals surface area contributed by atoms with Gasteiger partial charge < -0.3 is 38.6 Å². The van der Waals surface area contributed by atoms with Gasteiger partial charge in [-0.15, -0.1) is 0 Å². The van der Waals surface area contributed by atoms with Crippen LogP contribution in [0, 0.1) is 13.8 Å². The molecule has 0 bridgehead atoms. The molecule has 7 aromatic rings. The lowest BCUT2D eigenvalue weighted by atomic mass is 10.0. The molecule has 0 aliphatic carbocycles. The molecule has 2 aliphatic rings. The van der Waals surface area contributed by atoms with Crippen LogP contribution in [0.4, 0.5) is 0 Å². The Labute approximate surface area is 485 Å². The van der Waals surface area contributed by atoms with E-state index < -0.39 is 0 Å². The maximum atomic E-state index is 13.0. The van der Waals surface area contributed by atoms with Crippen LogP contribution in [0.2, 0.25) is 0 Å². The number of phenolic OH excluding ortho intramolecular Hbond substituents is 1. The number of phenols is 1. The number of hydrogen-bond donors (Lipinski definition) is 1. The Morgan fingerprint density at radius 2 is 1.17 bits per heavy atom. The summed E-state index contributed by atoms with van der Waals surface area (Å²) in [7, 11) is 3.07. The molecule has 81 heavy (non-hydrogen) atoms. The molecule has 2 saturated heterocycles. The predicted octanol–water partition coefficient (Wildman–Crippen LogP) is 9.81. The van der Waals surface area contributed by atoms with Gasteiger partial charge in [-0.05, 0) is 120 Å². The van der Waals surface area contributed by atoms with Crippen LogP contribution in [0.5, 0.6) is 34.8 Å². The highest BCUT2D eigenvalue weighted by Gasteiger charge is 2.30. The Morgan fingerprint density at radius 1 is 0.617 bits per heavy atom. The number of piperidine rings is 2. The number of hydrogen-bond acceptors (Lipinski definition) is 16. The molecule has 2 atom stereocenters. The van der Waals surface area contributed by atoms with Gasteiger partial charge in [-0.3, -0.25) is 38.6 Å². The number of aromatic nitrogens is 6. The standard InChI is InChI=1S/2C21H24N2O4.C18H18N4O3.2H2S/c1-15-6-5-8-19(18(15)13-24)27-14-17-7-3-4-11-23(17)21(25)16-9-10-22-20(12-16)26-2;1-15-6-5-8-19(18(15)13-24)27-14-17-7-3-4-11-23(17)21(25)16-9-10-20(26-2)22-12-16;1-12(2)22-15(6-7-21-22)18-14(19-8-9-20-18)11-25-17-5-3-4-16(24)13(17)10-23;;/h2*5-6,8-10,12-13,17H,3-4,7,11,14H2,1-2H3;3-10,12,24H,11H2,1-2H3;2*1H2/t2*17-;;;/m00.../s1. The van der Waals surface area contributed by atoms with Crippen molar-refractivity contribution >= 4 is 57.7 Å². The molecule has 4 aromatic heterocycles. The molecule has 0 spiro atoms. The number of ether oxygens (including phenoxy) is 5. The molecular formula is C60H70N8O11S2. The topological polar surface area (TPSA) is 228 Å². The largest absolute Gasteiger partial charge is 0.507 e. The summed E-state index contributed by atoms with van der Waals surface area (Å²) >= 11 is 0. The van der Waals surface area contributed by atoms with Crippen molar-refractivity contribution in [2.75, 3.05) is 40.5 Å². The van der Waals surface area contributed by atoms with E-state index in [-0.39, 0.29) is 74.9 Å². The van der Waals surface area contributed by atoms with Gasteiger partial charge in [0.05, 0.1) is 54.3 Å². The second-order valence-corrected chi connectivity index (χ2v) is 19.0. The third-order valence-corrected chi connectivity index (χ3v) is 13.5. The summed E-state index contributed by atoms with van der Waals surface area (Å²) < 4.78 is 29.6. The van der Waals surface area contributed by atoms with Gasteiger partial charge in [0.15, 0.2) is 18.9 Å². The van der Waals surface area contributed by atoms with Crippen LogP contribution in [-0.4, -0.2) is 128 Å². The van der Waals surface area contributed by atoms with Crippen LogP contribution in [0.1, 0.15) is 127 Å². The number of pyridine rings is 2. The van der Waals surface area contributed by atoms with Crippen LogP contribution in [0.3, 0.4) is 0 Å². The zero-order valence-electron chi connectivity index (χ0n) is 46.3. The molecule has 9 rings (SSSR count). The van der Waals surface area contributed by atoms with E-state index in [1.54, 1.807) is 86.6 Å². The van der Waals surface area contributed by atoms with Crippen LogP contribution in [0.15, 0.2) is 116 Å². The predicted molar refractivity (Wildman–Crippen MR) is 315 cm³/mol. The van der Waals surface area contributed by atoms with Gasteiger partial charge in [-0.2, -0.15) is 32.1 Å². The summed E-state index contributed by atoms with van der Waals surface area (Å²) in [5, 5.41) is 14.1. The number of methoxy groups -OCH3 is 2. The average molecular weight is 1140 g/mol. The monoisotopic (exact) mass is 1140 g/mol. The van der Waals surface area contributed by atoms with Crippen LogP contribution in [0.25, 0.3) is 11.4 Å². The molecule has 428 valence electrons. The minimum atomic E-state index is -0.121. The molecule has 21 heteroatoms.